The van der Waals surface area contributed by atoms with Gasteiger partial charge in [0.15, 0.2) is 0 Å². The van der Waals surface area contributed by atoms with Crippen LogP contribution < -0.4 is 4.90 Å². The second-order valence-electron chi connectivity index (χ2n) is 9.49. The molecule has 6 aromatic rings. The van der Waals surface area contributed by atoms with E-state index in [1.165, 1.54) is 38.7 Å². The van der Waals surface area contributed by atoms with E-state index in [0.29, 0.717) is 0 Å². The van der Waals surface area contributed by atoms with Crippen LogP contribution in [0.2, 0.25) is 0 Å². The maximum Gasteiger partial charge on any atom is 0.138 e. The molecular weight excluding hydrogens is 438 g/mol. The van der Waals surface area contributed by atoms with Crippen molar-refractivity contribution < 1.29 is 0 Å². The van der Waals surface area contributed by atoms with Crippen LogP contribution in [0.4, 0.5) is 17.2 Å². The lowest BCUT2D eigenvalue weighted by atomic mass is 9.93. The van der Waals surface area contributed by atoms with Gasteiger partial charge in [-0.2, -0.15) is 0 Å². The van der Waals surface area contributed by atoms with Crippen molar-refractivity contribution in [1.29, 1.82) is 0 Å². The van der Waals surface area contributed by atoms with Gasteiger partial charge < -0.3 is 4.57 Å². The van der Waals surface area contributed by atoms with Crippen LogP contribution in [0.5, 0.6) is 0 Å². The van der Waals surface area contributed by atoms with Gasteiger partial charge >= 0.3 is 0 Å². The monoisotopic (exact) mass is 463 g/mol. The molecule has 0 radical (unpaired) electrons. The van der Waals surface area contributed by atoms with Crippen LogP contribution in [-0.2, 0) is 0 Å². The van der Waals surface area contributed by atoms with Crippen LogP contribution in [-0.4, -0.2) is 9.55 Å². The number of hydrogen-bond acceptors (Lipinski definition) is 2. The summed E-state index contributed by atoms with van der Waals surface area (Å²) < 4.78 is 2.28. The Bertz CT molecular complexity index is 1740. The molecule has 0 fully saturated rings. The Kier molecular flexibility index (Phi) is 4.58. The number of fused-ring (bicyclic) bond motifs is 6. The molecule has 1 aliphatic heterocycles. The van der Waals surface area contributed by atoms with Crippen LogP contribution in [0, 0.1) is 13.8 Å². The number of hydrogen-bond donors (Lipinski definition) is 0. The summed E-state index contributed by atoms with van der Waals surface area (Å²) in [6, 6.07) is 39.1. The van der Waals surface area contributed by atoms with Gasteiger partial charge in [0.25, 0.3) is 0 Å². The zero-order chi connectivity index (χ0) is 24.2. The van der Waals surface area contributed by atoms with Crippen LogP contribution in [0.25, 0.3) is 38.8 Å². The van der Waals surface area contributed by atoms with Crippen LogP contribution >= 0.6 is 0 Å². The Hall–Kier alpha value is -4.63. The molecule has 2 aromatic heterocycles. The fourth-order valence-electron chi connectivity index (χ4n) is 5.55. The third kappa shape index (κ3) is 3.17. The number of aromatic nitrogens is 2. The van der Waals surface area contributed by atoms with Crippen molar-refractivity contribution in [2.24, 2.45) is 0 Å². The number of aryl methyl sites for hydroxylation is 2. The highest BCUT2D eigenvalue weighted by molar-refractivity contribution is 6.06. The van der Waals surface area contributed by atoms with E-state index in [1.54, 1.807) is 0 Å². The minimum Gasteiger partial charge on any atom is -0.317 e. The van der Waals surface area contributed by atoms with Crippen molar-refractivity contribution in [1.82, 2.24) is 9.55 Å². The van der Waals surface area contributed by atoms with Crippen molar-refractivity contribution in [3.05, 3.63) is 127 Å². The summed E-state index contributed by atoms with van der Waals surface area (Å²) in [5.74, 6) is 0.943. The first kappa shape index (κ1) is 20.7. The molecule has 0 atom stereocenters. The summed E-state index contributed by atoms with van der Waals surface area (Å²) >= 11 is 0. The quantitative estimate of drug-likeness (QED) is 0.255. The number of rotatable bonds is 2. The molecule has 7 rings (SSSR count). The third-order valence-electron chi connectivity index (χ3n) is 7.05. The minimum absolute atomic E-state index is 0.943. The van der Waals surface area contributed by atoms with E-state index in [1.807, 2.05) is 0 Å². The molecule has 0 saturated heterocycles. The number of anilines is 3. The van der Waals surface area contributed by atoms with Gasteiger partial charge in [-0.05, 0) is 85.1 Å². The van der Waals surface area contributed by atoms with Gasteiger partial charge in [-0.3, -0.25) is 4.90 Å². The molecule has 0 aliphatic carbocycles. The Balaban J connectivity index is 1.57. The molecule has 0 unspecified atom stereocenters. The van der Waals surface area contributed by atoms with Gasteiger partial charge in [-0.25, -0.2) is 4.98 Å². The first-order valence-electron chi connectivity index (χ1n) is 12.3. The average molecular weight is 464 g/mol. The molecule has 0 spiro atoms. The fraction of sp³-hybridized carbons (Fsp3) is 0.0606. The summed E-state index contributed by atoms with van der Waals surface area (Å²) in [7, 11) is 0. The molecule has 3 heterocycles. The standard InChI is InChI=1S/C33H25N3/c1-22-18-23(2)34-33(19-22)36-30-14-8-6-12-26(30)28-20-24-16-17-35(25-10-4-3-5-11-25)32(24)21-29(28)27-13-7-9-15-31(27)36/h3-21H,1-2H3. The Morgan fingerprint density at radius 3 is 1.92 bits per heavy atom. The Labute approximate surface area is 210 Å². The SMILES string of the molecule is Cc1cc(C)nc(N2c3ccccc3-c3cc4ccn(-c5ccccc5)c4cc3-c3ccccc32)c1. The summed E-state index contributed by atoms with van der Waals surface area (Å²) in [6.07, 6.45) is 2.17. The van der Waals surface area contributed by atoms with Gasteiger partial charge in [-0.15, -0.1) is 0 Å². The molecule has 0 saturated carbocycles. The molecule has 1 aliphatic rings. The van der Waals surface area contributed by atoms with Gasteiger partial charge in [0.2, 0.25) is 0 Å². The number of para-hydroxylation sites is 3. The summed E-state index contributed by atoms with van der Waals surface area (Å²) in [6.45, 7) is 4.20. The van der Waals surface area contributed by atoms with Crippen LogP contribution in [0.1, 0.15) is 11.3 Å². The second kappa shape index (κ2) is 7.96. The minimum atomic E-state index is 0.943. The fourth-order valence-corrected chi connectivity index (χ4v) is 5.55. The van der Waals surface area contributed by atoms with Gasteiger partial charge in [0, 0.05) is 34.1 Å². The third-order valence-corrected chi connectivity index (χ3v) is 7.05. The highest BCUT2D eigenvalue weighted by atomic mass is 15.2. The van der Waals surface area contributed by atoms with Crippen molar-refractivity contribution in [3.8, 4) is 27.9 Å². The smallest absolute Gasteiger partial charge is 0.138 e. The maximum atomic E-state index is 4.98. The largest absolute Gasteiger partial charge is 0.317 e. The molecular formula is C33H25N3. The van der Waals surface area contributed by atoms with E-state index < -0.39 is 0 Å². The summed E-state index contributed by atoms with van der Waals surface area (Å²) in [5, 5.41) is 1.22. The lowest BCUT2D eigenvalue weighted by Crippen LogP contribution is -2.13. The zero-order valence-corrected chi connectivity index (χ0v) is 20.3. The summed E-state index contributed by atoms with van der Waals surface area (Å²) in [4.78, 5) is 7.30. The Morgan fingerprint density at radius 1 is 0.583 bits per heavy atom. The van der Waals surface area contributed by atoms with E-state index in [4.69, 9.17) is 4.98 Å². The molecule has 0 amide bonds. The maximum absolute atomic E-state index is 4.98. The average Bonchev–Trinajstić information content (AvgIpc) is 3.27. The molecule has 0 N–H and O–H groups in total. The van der Waals surface area contributed by atoms with Gasteiger partial charge in [-0.1, -0.05) is 54.6 Å². The molecule has 172 valence electrons. The van der Waals surface area contributed by atoms with Crippen molar-refractivity contribution in [3.63, 3.8) is 0 Å². The highest BCUT2D eigenvalue weighted by Gasteiger charge is 2.27. The number of pyridine rings is 1. The molecule has 0 bridgehead atoms. The second-order valence-corrected chi connectivity index (χ2v) is 9.49. The normalized spacial score (nSPS) is 12.1. The molecule has 4 aromatic carbocycles. The van der Waals surface area contributed by atoms with E-state index in [2.05, 4.69) is 139 Å². The van der Waals surface area contributed by atoms with E-state index in [-0.39, 0.29) is 0 Å². The van der Waals surface area contributed by atoms with E-state index in [0.717, 1.165) is 28.6 Å². The molecule has 36 heavy (non-hydrogen) atoms. The van der Waals surface area contributed by atoms with Crippen LogP contribution in [0.15, 0.2) is 115 Å². The summed E-state index contributed by atoms with van der Waals surface area (Å²) in [5.41, 5.74) is 11.7. The number of benzene rings is 4. The number of nitrogens with zero attached hydrogens (tertiary/aromatic N) is 3. The van der Waals surface area contributed by atoms with Crippen LogP contribution in [0.3, 0.4) is 0 Å². The van der Waals surface area contributed by atoms with Crippen molar-refractivity contribution in [2.45, 2.75) is 13.8 Å². The first-order valence-corrected chi connectivity index (χ1v) is 12.3. The van der Waals surface area contributed by atoms with Gasteiger partial charge in [0.1, 0.15) is 5.82 Å². The topological polar surface area (TPSA) is 21.1 Å². The lowest BCUT2D eigenvalue weighted by molar-refractivity contribution is 1.12. The predicted octanol–water partition coefficient (Wildman–Crippen LogP) is 8.76. The molecule has 3 heteroatoms. The first-order chi connectivity index (χ1) is 17.7. The predicted molar refractivity (Wildman–Crippen MR) is 150 cm³/mol. The van der Waals surface area contributed by atoms with Crippen molar-refractivity contribution in [2.75, 3.05) is 4.90 Å². The zero-order valence-electron chi connectivity index (χ0n) is 20.3. The van der Waals surface area contributed by atoms with E-state index in [9.17, 15) is 0 Å². The van der Waals surface area contributed by atoms with E-state index >= 15 is 0 Å². The van der Waals surface area contributed by atoms with Crippen molar-refractivity contribution >= 4 is 28.1 Å². The Morgan fingerprint density at radius 2 is 1.22 bits per heavy atom. The molecule has 3 nitrogen and oxygen atoms in total. The highest BCUT2D eigenvalue weighted by Crippen LogP contribution is 2.51. The lowest BCUT2D eigenvalue weighted by Gasteiger charge is -2.26. The van der Waals surface area contributed by atoms with Gasteiger partial charge in [0.05, 0.1) is 16.9 Å².